The molecule has 3 rings (SSSR count). The summed E-state index contributed by atoms with van der Waals surface area (Å²) in [5, 5.41) is 7.42. The normalized spacial score (nSPS) is 11.2. The highest BCUT2D eigenvalue weighted by atomic mass is 31.2. The zero-order valence-electron chi connectivity index (χ0n) is 11.6. The molecule has 0 radical (unpaired) electrons. The van der Waals surface area contributed by atoms with E-state index in [0.717, 1.165) is 22.2 Å². The van der Waals surface area contributed by atoms with Crippen molar-refractivity contribution in [3.8, 4) is 11.3 Å². The second kappa shape index (κ2) is 6.32. The highest BCUT2D eigenvalue weighted by molar-refractivity contribution is 7.45. The van der Waals surface area contributed by atoms with Crippen LogP contribution in [0.25, 0.3) is 22.0 Å². The van der Waals surface area contributed by atoms with Crippen LogP contribution >= 0.6 is 8.38 Å². The lowest BCUT2D eigenvalue weighted by Crippen LogP contribution is -2.07. The lowest BCUT2D eigenvalue weighted by atomic mass is 10.1. The zero-order chi connectivity index (χ0) is 15.5. The average Bonchev–Trinajstić information content (AvgIpc) is 2.53. The number of aromatic nitrogens is 3. The van der Waals surface area contributed by atoms with Crippen molar-refractivity contribution in [2.24, 2.45) is 0 Å². The molecule has 2 aromatic heterocycles. The molecule has 7 heteroatoms. The van der Waals surface area contributed by atoms with Crippen LogP contribution < -0.4 is 5.56 Å². The van der Waals surface area contributed by atoms with Gasteiger partial charge in [0.2, 0.25) is 0 Å². The van der Waals surface area contributed by atoms with Crippen LogP contribution in [-0.2, 0) is 6.42 Å². The fraction of sp³-hybridized carbons (Fsp3) is 0.133. The second-order valence-corrected chi connectivity index (χ2v) is 6.09. The number of pyridine rings is 1. The van der Waals surface area contributed by atoms with Gasteiger partial charge in [-0.3, -0.25) is 9.78 Å². The van der Waals surface area contributed by atoms with Gasteiger partial charge in [0.15, 0.2) is 8.38 Å². The van der Waals surface area contributed by atoms with Crippen molar-refractivity contribution < 1.29 is 9.79 Å². The molecule has 0 amide bonds. The Balaban J connectivity index is 1.89. The number of H-pyrrole nitrogens is 1. The van der Waals surface area contributed by atoms with Gasteiger partial charge in [-0.15, -0.1) is 0 Å². The monoisotopic (exact) mass is 315 g/mol. The van der Waals surface area contributed by atoms with Crippen molar-refractivity contribution in [1.29, 1.82) is 0 Å². The summed E-state index contributed by atoms with van der Waals surface area (Å²) in [6, 6.07) is 9.57. The van der Waals surface area contributed by atoms with Crippen LogP contribution in [-0.4, -0.2) is 31.1 Å². The van der Waals surface area contributed by atoms with Crippen LogP contribution in [0.15, 0.2) is 47.5 Å². The minimum absolute atomic E-state index is 0.253. The summed E-state index contributed by atoms with van der Waals surface area (Å²) in [7, 11) is -1.85. The number of fused-ring (bicyclic) bond motifs is 1. The Bertz CT molecular complexity index is 847. The van der Waals surface area contributed by atoms with Crippen molar-refractivity contribution in [3.05, 3.63) is 58.6 Å². The molecule has 22 heavy (non-hydrogen) atoms. The van der Waals surface area contributed by atoms with Gasteiger partial charge in [-0.1, -0.05) is 24.3 Å². The number of benzene rings is 1. The molecule has 0 aliphatic heterocycles. The first-order valence-corrected chi connectivity index (χ1v) is 8.15. The number of nitrogens with zero attached hydrogens (tertiary/aromatic N) is 2. The molecule has 112 valence electrons. The number of aromatic amines is 1. The fourth-order valence-corrected chi connectivity index (χ4v) is 2.68. The highest BCUT2D eigenvalue weighted by Gasteiger charge is 2.05. The fourth-order valence-electron chi connectivity index (χ4n) is 2.22. The van der Waals surface area contributed by atoms with E-state index in [2.05, 4.69) is 15.2 Å². The number of nitrogens with one attached hydrogen (secondary N) is 1. The molecule has 3 aromatic rings. The third-order valence-corrected chi connectivity index (χ3v) is 4.02. The molecule has 0 unspecified atom stereocenters. The van der Waals surface area contributed by atoms with E-state index in [1.165, 1.54) is 0 Å². The van der Waals surface area contributed by atoms with E-state index in [0.29, 0.717) is 18.0 Å². The van der Waals surface area contributed by atoms with Crippen LogP contribution in [0.3, 0.4) is 0 Å². The predicted octanol–water partition coefficient (Wildman–Crippen LogP) is 1.82. The van der Waals surface area contributed by atoms with Gasteiger partial charge >= 0.3 is 0 Å². The molecule has 0 atom stereocenters. The molecular weight excluding hydrogens is 301 g/mol. The summed E-state index contributed by atoms with van der Waals surface area (Å²) in [4.78, 5) is 33.8. The predicted molar refractivity (Wildman–Crippen MR) is 85.5 cm³/mol. The SMILES string of the molecule is O=c1[nH]ncc2cc(-c3ccc(CCP(O)O)cc3)ncc12. The molecule has 0 fully saturated rings. The van der Waals surface area contributed by atoms with Crippen molar-refractivity contribution in [1.82, 2.24) is 15.2 Å². The number of rotatable bonds is 4. The van der Waals surface area contributed by atoms with Crippen molar-refractivity contribution in [2.45, 2.75) is 6.42 Å². The van der Waals surface area contributed by atoms with E-state index in [9.17, 15) is 4.79 Å². The lowest BCUT2D eigenvalue weighted by Gasteiger charge is -2.05. The zero-order valence-corrected chi connectivity index (χ0v) is 12.5. The summed E-state index contributed by atoms with van der Waals surface area (Å²) < 4.78 is 0. The third kappa shape index (κ3) is 3.20. The topological polar surface area (TPSA) is 99.1 Å². The van der Waals surface area contributed by atoms with Gasteiger partial charge in [0, 0.05) is 23.3 Å². The number of hydrogen-bond acceptors (Lipinski definition) is 5. The number of hydrogen-bond donors (Lipinski definition) is 3. The summed E-state index contributed by atoms with van der Waals surface area (Å²) in [6.45, 7) is 0. The van der Waals surface area contributed by atoms with Crippen LogP contribution in [0.1, 0.15) is 5.56 Å². The molecule has 0 aliphatic carbocycles. The molecule has 2 heterocycles. The van der Waals surface area contributed by atoms with Gasteiger partial charge in [0.25, 0.3) is 5.56 Å². The first-order valence-electron chi connectivity index (χ1n) is 6.71. The summed E-state index contributed by atoms with van der Waals surface area (Å²) in [5.41, 5.74) is 2.48. The van der Waals surface area contributed by atoms with E-state index in [4.69, 9.17) is 9.79 Å². The van der Waals surface area contributed by atoms with E-state index >= 15 is 0 Å². The Hall–Kier alpha value is -2.14. The van der Waals surface area contributed by atoms with Gasteiger partial charge < -0.3 is 9.79 Å². The minimum Gasteiger partial charge on any atom is -0.350 e. The Morgan fingerprint density at radius 1 is 1.14 bits per heavy atom. The maximum Gasteiger partial charge on any atom is 0.273 e. The Labute approximate surface area is 127 Å². The number of aryl methyl sites for hydroxylation is 1. The van der Waals surface area contributed by atoms with Crippen LogP contribution in [0.4, 0.5) is 0 Å². The molecule has 0 bridgehead atoms. The lowest BCUT2D eigenvalue weighted by molar-refractivity contribution is 0.482. The van der Waals surface area contributed by atoms with Gasteiger partial charge in [-0.2, -0.15) is 5.10 Å². The van der Waals surface area contributed by atoms with Gasteiger partial charge in [0.05, 0.1) is 17.3 Å². The van der Waals surface area contributed by atoms with Gasteiger partial charge in [-0.05, 0) is 18.1 Å². The average molecular weight is 315 g/mol. The second-order valence-electron chi connectivity index (χ2n) is 4.90. The summed E-state index contributed by atoms with van der Waals surface area (Å²) in [5.74, 6) is 0. The quantitative estimate of drug-likeness (QED) is 0.638. The molecular formula is C15H14N3O3P. The van der Waals surface area contributed by atoms with Crippen LogP contribution in [0, 0.1) is 0 Å². The van der Waals surface area contributed by atoms with Crippen LogP contribution in [0.2, 0.25) is 0 Å². The van der Waals surface area contributed by atoms with Gasteiger partial charge in [0.1, 0.15) is 0 Å². The molecule has 6 nitrogen and oxygen atoms in total. The standard InChI is InChI=1S/C15H14N3O3P/c19-15-13-9-16-14(7-12(13)8-17-18-15)11-3-1-10(2-4-11)5-6-22(20)21/h1-4,7-9,20-21H,5-6H2,(H,18,19). The van der Waals surface area contributed by atoms with Crippen molar-refractivity contribution in [3.63, 3.8) is 0 Å². The van der Waals surface area contributed by atoms with E-state index in [-0.39, 0.29) is 5.56 Å². The van der Waals surface area contributed by atoms with E-state index in [1.807, 2.05) is 30.3 Å². The van der Waals surface area contributed by atoms with E-state index < -0.39 is 8.38 Å². The summed E-state index contributed by atoms with van der Waals surface area (Å²) >= 11 is 0. The Morgan fingerprint density at radius 2 is 1.91 bits per heavy atom. The highest BCUT2D eigenvalue weighted by Crippen LogP contribution is 2.25. The first kappa shape index (κ1) is 14.8. The molecule has 1 aromatic carbocycles. The van der Waals surface area contributed by atoms with Crippen LogP contribution in [0.5, 0.6) is 0 Å². The van der Waals surface area contributed by atoms with Gasteiger partial charge in [-0.25, -0.2) is 5.10 Å². The Morgan fingerprint density at radius 3 is 2.64 bits per heavy atom. The molecule has 3 N–H and O–H groups in total. The maximum atomic E-state index is 11.6. The maximum absolute atomic E-state index is 11.6. The smallest absolute Gasteiger partial charge is 0.273 e. The third-order valence-electron chi connectivity index (χ3n) is 3.40. The van der Waals surface area contributed by atoms with Crippen molar-refractivity contribution >= 4 is 19.1 Å². The minimum atomic E-state index is -1.85. The molecule has 0 saturated carbocycles. The van der Waals surface area contributed by atoms with Crippen molar-refractivity contribution in [2.75, 3.05) is 6.16 Å². The molecule has 0 aliphatic rings. The molecule has 0 saturated heterocycles. The van der Waals surface area contributed by atoms with E-state index in [1.54, 1.807) is 12.4 Å². The largest absolute Gasteiger partial charge is 0.350 e. The first-order chi connectivity index (χ1) is 10.6. The summed E-state index contributed by atoms with van der Waals surface area (Å²) in [6.07, 6.45) is 4.14. The Kier molecular flexibility index (Phi) is 4.24. The molecule has 0 spiro atoms.